The van der Waals surface area contributed by atoms with Gasteiger partial charge in [-0.1, -0.05) is 43.2 Å². The van der Waals surface area contributed by atoms with Gasteiger partial charge in [0.1, 0.15) is 17.0 Å². The molecule has 2 aromatic carbocycles. The predicted molar refractivity (Wildman–Crippen MR) is 133 cm³/mol. The van der Waals surface area contributed by atoms with E-state index in [2.05, 4.69) is 17.4 Å². The van der Waals surface area contributed by atoms with Gasteiger partial charge in [-0.3, -0.25) is 9.59 Å². The molecule has 1 atom stereocenters. The van der Waals surface area contributed by atoms with E-state index in [0.29, 0.717) is 18.8 Å². The zero-order valence-electron chi connectivity index (χ0n) is 20.0. The Balaban J connectivity index is 1.47. The second kappa shape index (κ2) is 9.16. The lowest BCUT2D eigenvalue weighted by molar-refractivity contribution is -0.133. The van der Waals surface area contributed by atoms with Gasteiger partial charge in [0.25, 0.3) is 5.91 Å². The Kier molecular flexibility index (Phi) is 6.07. The van der Waals surface area contributed by atoms with Crippen LogP contribution in [0.3, 0.4) is 0 Å². The summed E-state index contributed by atoms with van der Waals surface area (Å²) in [7, 11) is 1.64. The smallest absolute Gasteiger partial charge is 0.271 e. The lowest BCUT2D eigenvalue weighted by atomic mass is 9.93. The molecule has 1 saturated carbocycles. The van der Waals surface area contributed by atoms with Gasteiger partial charge in [-0.05, 0) is 56.4 Å². The van der Waals surface area contributed by atoms with E-state index in [0.717, 1.165) is 55.2 Å². The maximum absolute atomic E-state index is 13.8. The van der Waals surface area contributed by atoms with Crippen molar-refractivity contribution in [2.75, 3.05) is 13.7 Å². The monoisotopic (exact) mass is 459 g/mol. The highest BCUT2D eigenvalue weighted by atomic mass is 16.5. The van der Waals surface area contributed by atoms with E-state index in [9.17, 15) is 9.59 Å². The highest BCUT2D eigenvalue weighted by Crippen LogP contribution is 2.34. The zero-order chi connectivity index (χ0) is 23.7. The third-order valence-corrected chi connectivity index (χ3v) is 7.51. The zero-order valence-corrected chi connectivity index (χ0v) is 20.0. The van der Waals surface area contributed by atoms with Crippen molar-refractivity contribution in [2.45, 2.75) is 63.6 Å². The highest BCUT2D eigenvalue weighted by Gasteiger charge is 2.48. The van der Waals surface area contributed by atoms with Gasteiger partial charge in [-0.2, -0.15) is 0 Å². The Labute approximate surface area is 200 Å². The molecule has 2 heterocycles. The molecule has 1 fully saturated rings. The first kappa shape index (κ1) is 22.5. The summed E-state index contributed by atoms with van der Waals surface area (Å²) in [5.41, 5.74) is 1.84. The largest absolute Gasteiger partial charge is 0.497 e. The van der Waals surface area contributed by atoms with Crippen LogP contribution in [-0.4, -0.2) is 46.5 Å². The van der Waals surface area contributed by atoms with Crippen LogP contribution in [0.15, 0.2) is 54.6 Å². The summed E-state index contributed by atoms with van der Waals surface area (Å²) in [5.74, 6) is 0.602. The molecule has 178 valence electrons. The van der Waals surface area contributed by atoms with E-state index in [1.165, 1.54) is 5.56 Å². The van der Waals surface area contributed by atoms with Crippen molar-refractivity contribution in [1.82, 2.24) is 14.8 Å². The van der Waals surface area contributed by atoms with Gasteiger partial charge in [-0.25, -0.2) is 0 Å². The van der Waals surface area contributed by atoms with E-state index in [1.807, 2.05) is 58.9 Å². The van der Waals surface area contributed by atoms with Crippen LogP contribution in [0.1, 0.15) is 55.1 Å². The first-order valence-corrected chi connectivity index (χ1v) is 12.3. The number of aryl methyl sites for hydroxylation is 1. The molecule has 0 spiro atoms. The number of rotatable bonds is 7. The molecule has 34 heavy (non-hydrogen) atoms. The molecule has 6 nitrogen and oxygen atoms in total. The van der Waals surface area contributed by atoms with E-state index < -0.39 is 5.54 Å². The summed E-state index contributed by atoms with van der Waals surface area (Å²) in [4.78, 5) is 29.4. The van der Waals surface area contributed by atoms with Crippen LogP contribution in [0.5, 0.6) is 5.75 Å². The Morgan fingerprint density at radius 1 is 1.12 bits per heavy atom. The summed E-state index contributed by atoms with van der Waals surface area (Å²) in [5, 5.41) is 4.25. The SMILES string of the molecule is COc1ccc2cc3n(c2c1)C[C@](C)(C(=O)NC1CCCC1)N(CCCc1ccccc1)C3=O. The molecule has 2 aliphatic rings. The Morgan fingerprint density at radius 3 is 2.62 bits per heavy atom. The number of fused-ring (bicyclic) bond motifs is 3. The normalized spacial score (nSPS) is 20.5. The maximum atomic E-state index is 13.8. The van der Waals surface area contributed by atoms with Crippen molar-refractivity contribution < 1.29 is 14.3 Å². The van der Waals surface area contributed by atoms with Crippen LogP contribution in [0, 0.1) is 0 Å². The topological polar surface area (TPSA) is 63.6 Å². The minimum absolute atomic E-state index is 0.0529. The van der Waals surface area contributed by atoms with Gasteiger partial charge in [0.15, 0.2) is 0 Å². The summed E-state index contributed by atoms with van der Waals surface area (Å²) in [6.07, 6.45) is 5.99. The molecule has 1 N–H and O–H groups in total. The van der Waals surface area contributed by atoms with Crippen molar-refractivity contribution in [3.8, 4) is 5.75 Å². The number of hydrogen-bond donors (Lipinski definition) is 1. The van der Waals surface area contributed by atoms with Crippen LogP contribution in [0.4, 0.5) is 0 Å². The quantitative estimate of drug-likeness (QED) is 0.564. The number of amides is 2. The molecular weight excluding hydrogens is 426 g/mol. The Bertz CT molecular complexity index is 1200. The standard InChI is InChI=1S/C28H33N3O3/c1-28(27(33)29-22-12-6-7-13-22)19-30-24-18-23(34-2)15-14-21(24)17-25(30)26(32)31(28)16-8-11-20-9-4-3-5-10-20/h3-5,9-10,14-15,17-18,22H,6-8,11-13,16,19H2,1-2H3,(H,29,33)/t28-/m1/s1. The Hall–Kier alpha value is -3.28. The van der Waals surface area contributed by atoms with Crippen LogP contribution < -0.4 is 10.1 Å². The number of carbonyl (C=O) groups excluding carboxylic acids is 2. The van der Waals surface area contributed by atoms with Crippen LogP contribution >= 0.6 is 0 Å². The molecule has 1 aliphatic carbocycles. The minimum Gasteiger partial charge on any atom is -0.497 e. The molecule has 5 rings (SSSR count). The second-order valence-corrected chi connectivity index (χ2v) is 9.82. The molecule has 0 bridgehead atoms. The number of nitrogens with one attached hydrogen (secondary N) is 1. The number of nitrogens with zero attached hydrogens (tertiary/aromatic N) is 2. The third kappa shape index (κ3) is 4.06. The molecule has 1 aliphatic heterocycles. The highest BCUT2D eigenvalue weighted by molar-refractivity contribution is 6.03. The third-order valence-electron chi connectivity index (χ3n) is 7.51. The number of benzene rings is 2. The molecule has 2 amide bonds. The molecule has 0 radical (unpaired) electrons. The second-order valence-electron chi connectivity index (χ2n) is 9.82. The first-order valence-electron chi connectivity index (χ1n) is 12.3. The van der Waals surface area contributed by atoms with Crippen LogP contribution in [-0.2, 0) is 17.8 Å². The van der Waals surface area contributed by atoms with Gasteiger partial charge < -0.3 is 19.5 Å². The number of carbonyl (C=O) groups is 2. The van der Waals surface area contributed by atoms with Crippen molar-refractivity contribution in [3.05, 3.63) is 65.9 Å². The summed E-state index contributed by atoms with van der Waals surface area (Å²) < 4.78 is 7.43. The lowest BCUT2D eigenvalue weighted by Crippen LogP contribution is -2.64. The van der Waals surface area contributed by atoms with E-state index in [-0.39, 0.29) is 17.9 Å². The number of aromatic nitrogens is 1. The molecular formula is C28H33N3O3. The number of ether oxygens (including phenoxy) is 1. The summed E-state index contributed by atoms with van der Waals surface area (Å²) in [6.45, 7) is 2.88. The van der Waals surface area contributed by atoms with Gasteiger partial charge >= 0.3 is 0 Å². The van der Waals surface area contributed by atoms with Crippen molar-refractivity contribution in [2.24, 2.45) is 0 Å². The van der Waals surface area contributed by atoms with Crippen molar-refractivity contribution in [3.63, 3.8) is 0 Å². The fraction of sp³-hybridized carbons (Fsp3) is 0.429. The summed E-state index contributed by atoms with van der Waals surface area (Å²) in [6, 6.07) is 18.3. The van der Waals surface area contributed by atoms with Gasteiger partial charge in [0.2, 0.25) is 5.91 Å². The van der Waals surface area contributed by atoms with Crippen LogP contribution in [0.25, 0.3) is 10.9 Å². The minimum atomic E-state index is -0.960. The summed E-state index contributed by atoms with van der Waals surface area (Å²) >= 11 is 0. The van der Waals surface area contributed by atoms with E-state index in [4.69, 9.17) is 4.74 Å². The van der Waals surface area contributed by atoms with Crippen LogP contribution in [0.2, 0.25) is 0 Å². The molecule has 6 heteroatoms. The average Bonchev–Trinajstić information content (AvgIpc) is 3.49. The van der Waals surface area contributed by atoms with Crippen molar-refractivity contribution >= 4 is 22.7 Å². The van der Waals surface area contributed by atoms with Crippen molar-refractivity contribution in [1.29, 1.82) is 0 Å². The van der Waals surface area contributed by atoms with Gasteiger partial charge in [0, 0.05) is 24.0 Å². The number of hydrogen-bond acceptors (Lipinski definition) is 3. The van der Waals surface area contributed by atoms with E-state index in [1.54, 1.807) is 7.11 Å². The predicted octanol–water partition coefficient (Wildman–Crippen LogP) is 4.56. The maximum Gasteiger partial charge on any atom is 0.271 e. The average molecular weight is 460 g/mol. The fourth-order valence-corrected chi connectivity index (χ4v) is 5.50. The van der Waals surface area contributed by atoms with Gasteiger partial charge in [0.05, 0.1) is 19.2 Å². The molecule has 3 aromatic rings. The first-order chi connectivity index (χ1) is 16.5. The molecule has 0 unspecified atom stereocenters. The lowest BCUT2D eigenvalue weighted by Gasteiger charge is -2.44. The Morgan fingerprint density at radius 2 is 1.88 bits per heavy atom. The van der Waals surface area contributed by atoms with E-state index >= 15 is 0 Å². The van der Waals surface area contributed by atoms with Gasteiger partial charge in [-0.15, -0.1) is 0 Å². The molecule has 1 aromatic heterocycles. The molecule has 0 saturated heterocycles. The fourth-order valence-electron chi connectivity index (χ4n) is 5.50. The number of methoxy groups -OCH3 is 1.